The fraction of sp³-hybridized carbons (Fsp3) is 0.400. The topological polar surface area (TPSA) is 48.4 Å². The minimum absolute atomic E-state index is 0.0226. The zero-order valence-electron chi connectivity index (χ0n) is 9.88. The lowest BCUT2D eigenvalue weighted by Crippen LogP contribution is -2.16. The van der Waals surface area contributed by atoms with E-state index in [4.69, 9.17) is 4.74 Å². The fourth-order valence-electron chi connectivity index (χ4n) is 1.30. The third-order valence-electron chi connectivity index (χ3n) is 2.06. The monoisotopic (exact) mass is 407 g/mol. The summed E-state index contributed by atoms with van der Waals surface area (Å²) in [4.78, 5) is 15.3. The van der Waals surface area contributed by atoms with Crippen LogP contribution in [0.2, 0.25) is 0 Å². The van der Waals surface area contributed by atoms with Crippen LogP contribution >= 0.6 is 30.1 Å². The van der Waals surface area contributed by atoms with E-state index in [-0.39, 0.29) is 22.9 Å². The van der Waals surface area contributed by atoms with E-state index in [1.807, 2.05) is 21.2 Å². The van der Waals surface area contributed by atoms with Crippen LogP contribution in [0.3, 0.4) is 0 Å². The summed E-state index contributed by atoms with van der Waals surface area (Å²) in [6.07, 6.45) is -4.63. The number of halogens is 4. The molecule has 0 amide bonds. The molecule has 4 nitrogen and oxygen atoms in total. The minimum Gasteiger partial charge on any atom is -0.493 e. The van der Waals surface area contributed by atoms with Crippen molar-refractivity contribution < 1.29 is 27.4 Å². The van der Waals surface area contributed by atoms with E-state index in [9.17, 15) is 18.0 Å². The highest BCUT2D eigenvalue weighted by Crippen LogP contribution is 2.40. The van der Waals surface area contributed by atoms with Crippen LogP contribution in [0.15, 0.2) is 11.0 Å². The molecule has 0 unspecified atom stereocenters. The molecule has 1 rings (SSSR count). The Bertz CT molecular complexity index is 482. The van der Waals surface area contributed by atoms with Crippen LogP contribution in [0.5, 0.6) is 5.75 Å². The highest BCUT2D eigenvalue weighted by molar-refractivity contribution is 14.2. The van der Waals surface area contributed by atoms with Crippen molar-refractivity contribution >= 4 is 35.9 Å². The molecular formula is C10H9F3INO3S. The second-order valence-electron chi connectivity index (χ2n) is 3.32. The molecule has 106 valence electrons. The van der Waals surface area contributed by atoms with Crippen LogP contribution in [-0.2, 0) is 10.9 Å². The Kier molecular flexibility index (Phi) is 5.86. The van der Waals surface area contributed by atoms with Crippen molar-refractivity contribution in [1.29, 1.82) is 0 Å². The summed E-state index contributed by atoms with van der Waals surface area (Å²) in [5.41, 5.74) is -1.51. The summed E-state index contributed by atoms with van der Waals surface area (Å²) in [6, 6.07) is 0.847. The van der Waals surface area contributed by atoms with Gasteiger partial charge in [0.05, 0.1) is 12.0 Å². The first kappa shape index (κ1) is 16.5. The summed E-state index contributed by atoms with van der Waals surface area (Å²) in [5, 5.41) is 0. The molecule has 0 aromatic carbocycles. The molecule has 0 saturated heterocycles. The number of alkyl halides is 3. The molecular weight excluding hydrogens is 398 g/mol. The zero-order valence-corrected chi connectivity index (χ0v) is 12.9. The van der Waals surface area contributed by atoms with Gasteiger partial charge in [0.2, 0.25) is 5.78 Å². The van der Waals surface area contributed by atoms with Crippen molar-refractivity contribution in [3.63, 3.8) is 0 Å². The number of hydrogen-bond donors (Lipinski definition) is 0. The van der Waals surface area contributed by atoms with Gasteiger partial charge in [0, 0.05) is 28.3 Å². The van der Waals surface area contributed by atoms with Crippen LogP contribution in [0.25, 0.3) is 0 Å². The molecule has 19 heavy (non-hydrogen) atoms. The number of methoxy groups -OCH3 is 2. The molecule has 0 aliphatic carbocycles. The van der Waals surface area contributed by atoms with Gasteiger partial charge in [-0.3, -0.25) is 4.79 Å². The van der Waals surface area contributed by atoms with E-state index in [1.165, 1.54) is 14.2 Å². The van der Waals surface area contributed by atoms with Gasteiger partial charge in [0.15, 0.2) is 11.4 Å². The molecule has 1 heterocycles. The third-order valence-corrected chi connectivity index (χ3v) is 3.95. The van der Waals surface area contributed by atoms with Crippen molar-refractivity contribution in [3.8, 4) is 5.75 Å². The second kappa shape index (κ2) is 6.75. The first-order valence-corrected chi connectivity index (χ1v) is 8.18. The van der Waals surface area contributed by atoms with Gasteiger partial charge in [-0.05, 0) is 15.0 Å². The average molecular weight is 407 g/mol. The maximum absolute atomic E-state index is 12.7. The van der Waals surface area contributed by atoms with Gasteiger partial charge >= 0.3 is 6.18 Å². The molecule has 1 aromatic rings. The Hall–Kier alpha value is -0.550. The number of Topliss-reactive ketones (excluding diaryl/α,β-unsaturated/α-hetero) is 1. The molecule has 1 aromatic heterocycles. The van der Waals surface area contributed by atoms with Gasteiger partial charge in [0.25, 0.3) is 0 Å². The molecule has 0 bridgehead atoms. The van der Waals surface area contributed by atoms with Gasteiger partial charge < -0.3 is 9.47 Å². The summed E-state index contributed by atoms with van der Waals surface area (Å²) in [5.74, 6) is -0.647. The van der Waals surface area contributed by atoms with Gasteiger partial charge in [-0.15, -0.1) is 0 Å². The van der Waals surface area contributed by atoms with Crippen LogP contribution in [-0.4, -0.2) is 31.6 Å². The smallest absolute Gasteiger partial charge is 0.433 e. The van der Waals surface area contributed by atoms with E-state index in [0.717, 1.165) is 15.0 Å². The van der Waals surface area contributed by atoms with Crippen molar-refractivity contribution in [1.82, 2.24) is 4.98 Å². The van der Waals surface area contributed by atoms with Crippen molar-refractivity contribution in [3.05, 3.63) is 17.5 Å². The van der Waals surface area contributed by atoms with Crippen LogP contribution < -0.4 is 4.74 Å². The molecule has 0 atom stereocenters. The third kappa shape index (κ3) is 3.96. The molecule has 0 fully saturated rings. The Morgan fingerprint density at radius 2 is 2.11 bits per heavy atom. The average Bonchev–Trinajstić information content (AvgIpc) is 2.36. The Morgan fingerprint density at radius 3 is 2.53 bits per heavy atom. The fourth-order valence-corrected chi connectivity index (χ4v) is 2.69. The quantitative estimate of drug-likeness (QED) is 0.554. The summed E-state index contributed by atoms with van der Waals surface area (Å²) < 4.78 is 47.7. The molecule has 0 aliphatic rings. The van der Waals surface area contributed by atoms with Gasteiger partial charge in [-0.25, -0.2) is 4.98 Å². The number of ether oxygens (including phenoxy) is 2. The zero-order chi connectivity index (χ0) is 14.6. The maximum atomic E-state index is 12.7. The van der Waals surface area contributed by atoms with E-state index in [1.54, 1.807) is 0 Å². The molecule has 0 N–H and O–H groups in total. The molecule has 0 radical (unpaired) electrons. The maximum Gasteiger partial charge on any atom is 0.433 e. The molecule has 9 heteroatoms. The summed E-state index contributed by atoms with van der Waals surface area (Å²) >= 11 is 1.81. The number of pyridine rings is 1. The number of carbonyl (C=O) groups is 1. The lowest BCUT2D eigenvalue weighted by atomic mass is 10.2. The lowest BCUT2D eigenvalue weighted by Gasteiger charge is -2.14. The summed E-state index contributed by atoms with van der Waals surface area (Å²) in [7, 11) is 3.55. The molecule has 0 aliphatic heterocycles. The Labute approximate surface area is 123 Å². The standard InChI is InChI=1S/C10H9F3INO3S/c1-17-4-5(16)8-9(18-2)6(19-14)3-7(15-8)10(11,12)13/h3H,4H2,1-2H3. The molecule has 0 saturated carbocycles. The highest BCUT2D eigenvalue weighted by Gasteiger charge is 2.35. The van der Waals surface area contributed by atoms with Gasteiger partial charge in [-0.2, -0.15) is 13.2 Å². The Morgan fingerprint density at radius 1 is 1.47 bits per heavy atom. The largest absolute Gasteiger partial charge is 0.493 e. The van der Waals surface area contributed by atoms with Crippen molar-refractivity contribution in [2.75, 3.05) is 20.8 Å². The highest BCUT2D eigenvalue weighted by atomic mass is 127. The minimum atomic E-state index is -4.63. The number of ketones is 1. The first-order chi connectivity index (χ1) is 8.85. The van der Waals surface area contributed by atoms with E-state index < -0.39 is 17.7 Å². The predicted octanol–water partition coefficient (Wildman–Crippen LogP) is 3.38. The van der Waals surface area contributed by atoms with Gasteiger partial charge in [0.1, 0.15) is 12.3 Å². The van der Waals surface area contributed by atoms with Crippen LogP contribution in [0, 0.1) is 0 Å². The lowest BCUT2D eigenvalue weighted by molar-refractivity contribution is -0.141. The predicted molar refractivity (Wildman–Crippen MR) is 71.9 cm³/mol. The SMILES string of the molecule is COCC(=O)c1nc(C(F)(F)F)cc(SI)c1OC. The van der Waals surface area contributed by atoms with Crippen LogP contribution in [0.1, 0.15) is 16.2 Å². The number of carbonyl (C=O) groups excluding carboxylic acids is 1. The Balaban J connectivity index is 3.44. The number of nitrogens with zero attached hydrogens (tertiary/aromatic N) is 1. The normalized spacial score (nSPS) is 11.5. The second-order valence-corrected chi connectivity index (χ2v) is 5.23. The van der Waals surface area contributed by atoms with Crippen molar-refractivity contribution in [2.45, 2.75) is 11.1 Å². The van der Waals surface area contributed by atoms with Crippen LogP contribution in [0.4, 0.5) is 13.2 Å². The van der Waals surface area contributed by atoms with Gasteiger partial charge in [-0.1, -0.05) is 0 Å². The number of hydrogen-bond acceptors (Lipinski definition) is 5. The first-order valence-electron chi connectivity index (χ1n) is 4.82. The van der Waals surface area contributed by atoms with E-state index in [0.29, 0.717) is 0 Å². The van der Waals surface area contributed by atoms with Crippen molar-refractivity contribution in [2.24, 2.45) is 0 Å². The number of rotatable bonds is 5. The summed E-state index contributed by atoms with van der Waals surface area (Å²) in [6.45, 7) is -0.365. The van der Waals surface area contributed by atoms with E-state index in [2.05, 4.69) is 9.72 Å². The van der Waals surface area contributed by atoms with E-state index >= 15 is 0 Å². The molecule has 0 spiro atoms. The number of aromatic nitrogens is 1.